The average Bonchev–Trinajstić information content (AvgIpc) is 3.02. The summed E-state index contributed by atoms with van der Waals surface area (Å²) in [5, 5.41) is 3.63. The van der Waals surface area contributed by atoms with Crippen molar-refractivity contribution in [3.63, 3.8) is 0 Å². The Morgan fingerprint density at radius 1 is 1.38 bits per heavy atom. The molecule has 2 nitrogen and oxygen atoms in total. The van der Waals surface area contributed by atoms with E-state index in [0.717, 1.165) is 24.0 Å². The zero-order valence-electron chi connectivity index (χ0n) is 9.16. The number of allylic oxidation sites excluding steroid dienone is 1. The lowest BCUT2D eigenvalue weighted by Gasteiger charge is -2.02. The van der Waals surface area contributed by atoms with Crippen LogP contribution in [-0.4, -0.2) is 11.9 Å². The number of hydrogen-bond donors (Lipinski definition) is 1. The molecular formula is C13H14ClNO. The van der Waals surface area contributed by atoms with Gasteiger partial charge in [-0.3, -0.25) is 4.79 Å². The molecule has 1 aromatic carbocycles. The van der Waals surface area contributed by atoms with Gasteiger partial charge in [-0.1, -0.05) is 23.7 Å². The van der Waals surface area contributed by atoms with Crippen LogP contribution in [0.4, 0.5) is 0 Å². The Kier molecular flexibility index (Phi) is 3.30. The molecule has 1 aromatic rings. The molecule has 1 aliphatic rings. The van der Waals surface area contributed by atoms with E-state index in [9.17, 15) is 4.79 Å². The Morgan fingerprint density at radius 2 is 2.00 bits per heavy atom. The maximum atomic E-state index is 11.5. The van der Waals surface area contributed by atoms with E-state index in [2.05, 4.69) is 5.32 Å². The van der Waals surface area contributed by atoms with Gasteiger partial charge in [0.2, 0.25) is 5.91 Å². The largest absolute Gasteiger partial charge is 0.350 e. The SMILES string of the molecule is C/C(=C\C(=O)NC1CC1)c1ccc(Cl)cc1. The third-order valence-corrected chi connectivity index (χ3v) is 2.82. The molecule has 0 spiro atoms. The number of amides is 1. The van der Waals surface area contributed by atoms with Gasteiger partial charge in [0, 0.05) is 17.1 Å². The number of benzene rings is 1. The highest BCUT2D eigenvalue weighted by molar-refractivity contribution is 6.30. The van der Waals surface area contributed by atoms with Crippen molar-refractivity contribution < 1.29 is 4.79 Å². The average molecular weight is 236 g/mol. The Labute approximate surface area is 100 Å². The minimum Gasteiger partial charge on any atom is -0.350 e. The van der Waals surface area contributed by atoms with Gasteiger partial charge in [0.15, 0.2) is 0 Å². The van der Waals surface area contributed by atoms with Gasteiger partial charge in [-0.25, -0.2) is 0 Å². The Balaban J connectivity index is 2.04. The molecule has 2 rings (SSSR count). The lowest BCUT2D eigenvalue weighted by Crippen LogP contribution is -2.23. The molecular weight excluding hydrogens is 222 g/mol. The number of rotatable bonds is 3. The van der Waals surface area contributed by atoms with Crippen LogP contribution in [0, 0.1) is 0 Å². The third kappa shape index (κ3) is 3.11. The number of halogens is 1. The molecule has 0 bridgehead atoms. The van der Waals surface area contributed by atoms with Crippen LogP contribution in [0.15, 0.2) is 30.3 Å². The molecule has 0 saturated heterocycles. The van der Waals surface area contributed by atoms with Gasteiger partial charge >= 0.3 is 0 Å². The summed E-state index contributed by atoms with van der Waals surface area (Å²) < 4.78 is 0. The fourth-order valence-corrected chi connectivity index (χ4v) is 1.59. The molecule has 16 heavy (non-hydrogen) atoms. The van der Waals surface area contributed by atoms with Crippen molar-refractivity contribution in [2.75, 3.05) is 0 Å². The second-order valence-corrected chi connectivity index (χ2v) is 4.55. The second kappa shape index (κ2) is 4.71. The molecule has 0 aliphatic heterocycles. The van der Waals surface area contributed by atoms with E-state index in [1.807, 2.05) is 31.2 Å². The monoisotopic (exact) mass is 235 g/mol. The summed E-state index contributed by atoms with van der Waals surface area (Å²) in [4.78, 5) is 11.5. The van der Waals surface area contributed by atoms with Crippen molar-refractivity contribution in [1.29, 1.82) is 0 Å². The van der Waals surface area contributed by atoms with Gasteiger partial charge in [-0.15, -0.1) is 0 Å². The van der Waals surface area contributed by atoms with Crippen molar-refractivity contribution >= 4 is 23.1 Å². The van der Waals surface area contributed by atoms with Gasteiger partial charge in [0.05, 0.1) is 0 Å². The molecule has 1 fully saturated rings. The van der Waals surface area contributed by atoms with Crippen LogP contribution in [-0.2, 0) is 4.79 Å². The maximum Gasteiger partial charge on any atom is 0.244 e. The summed E-state index contributed by atoms with van der Waals surface area (Å²) in [5.41, 5.74) is 1.98. The molecule has 0 radical (unpaired) electrons. The van der Waals surface area contributed by atoms with Crippen molar-refractivity contribution in [3.05, 3.63) is 40.9 Å². The van der Waals surface area contributed by atoms with Crippen LogP contribution in [0.5, 0.6) is 0 Å². The van der Waals surface area contributed by atoms with Crippen molar-refractivity contribution in [3.8, 4) is 0 Å². The normalized spacial score (nSPS) is 16.0. The molecule has 1 aliphatic carbocycles. The predicted octanol–water partition coefficient (Wildman–Crippen LogP) is 3.02. The standard InChI is InChI=1S/C13H14ClNO/c1-9(8-13(16)15-12-6-7-12)10-2-4-11(14)5-3-10/h2-5,8,12H,6-7H2,1H3,(H,15,16)/b9-8+. The van der Waals surface area contributed by atoms with E-state index in [-0.39, 0.29) is 5.91 Å². The highest BCUT2D eigenvalue weighted by atomic mass is 35.5. The van der Waals surface area contributed by atoms with Crippen LogP contribution in [0.3, 0.4) is 0 Å². The molecule has 0 atom stereocenters. The molecule has 3 heteroatoms. The van der Waals surface area contributed by atoms with Crippen LogP contribution < -0.4 is 5.32 Å². The smallest absolute Gasteiger partial charge is 0.244 e. The second-order valence-electron chi connectivity index (χ2n) is 4.12. The van der Waals surface area contributed by atoms with Gasteiger partial charge in [0.1, 0.15) is 0 Å². The third-order valence-electron chi connectivity index (χ3n) is 2.57. The first-order valence-corrected chi connectivity index (χ1v) is 5.77. The van der Waals surface area contributed by atoms with E-state index < -0.39 is 0 Å². The van der Waals surface area contributed by atoms with Crippen LogP contribution in [0.2, 0.25) is 5.02 Å². The quantitative estimate of drug-likeness (QED) is 0.802. The lowest BCUT2D eigenvalue weighted by molar-refractivity contribution is -0.116. The van der Waals surface area contributed by atoms with Gasteiger partial charge in [-0.05, 0) is 43.0 Å². The predicted molar refractivity (Wildman–Crippen MR) is 66.3 cm³/mol. The summed E-state index contributed by atoms with van der Waals surface area (Å²) >= 11 is 5.80. The Bertz CT molecular complexity index is 418. The Morgan fingerprint density at radius 3 is 2.56 bits per heavy atom. The first-order chi connectivity index (χ1) is 7.65. The Hall–Kier alpha value is -1.28. The zero-order chi connectivity index (χ0) is 11.5. The highest BCUT2D eigenvalue weighted by Crippen LogP contribution is 2.20. The summed E-state index contributed by atoms with van der Waals surface area (Å²) in [6, 6.07) is 7.89. The van der Waals surface area contributed by atoms with E-state index in [1.54, 1.807) is 6.08 Å². The first-order valence-electron chi connectivity index (χ1n) is 5.40. The summed E-state index contributed by atoms with van der Waals surface area (Å²) in [5.74, 6) is -0.00468. The highest BCUT2D eigenvalue weighted by Gasteiger charge is 2.22. The van der Waals surface area contributed by atoms with E-state index in [0.29, 0.717) is 11.1 Å². The molecule has 1 amide bonds. The molecule has 0 unspecified atom stereocenters. The van der Waals surface area contributed by atoms with Crippen molar-refractivity contribution in [2.45, 2.75) is 25.8 Å². The number of carbonyl (C=O) groups excluding carboxylic acids is 1. The van der Waals surface area contributed by atoms with Crippen LogP contribution in [0.25, 0.3) is 5.57 Å². The van der Waals surface area contributed by atoms with E-state index in [1.165, 1.54) is 0 Å². The van der Waals surface area contributed by atoms with E-state index >= 15 is 0 Å². The lowest BCUT2D eigenvalue weighted by atomic mass is 10.1. The number of nitrogens with one attached hydrogen (secondary N) is 1. The summed E-state index contributed by atoms with van der Waals surface area (Å²) in [6.07, 6.45) is 3.86. The minimum absolute atomic E-state index is 0.00468. The van der Waals surface area contributed by atoms with Crippen molar-refractivity contribution in [2.24, 2.45) is 0 Å². The topological polar surface area (TPSA) is 29.1 Å². The molecule has 84 valence electrons. The fourth-order valence-electron chi connectivity index (χ4n) is 1.46. The summed E-state index contributed by atoms with van der Waals surface area (Å²) in [6.45, 7) is 1.93. The molecule has 1 N–H and O–H groups in total. The van der Waals surface area contributed by atoms with Crippen LogP contribution >= 0.6 is 11.6 Å². The maximum absolute atomic E-state index is 11.5. The van der Waals surface area contributed by atoms with E-state index in [4.69, 9.17) is 11.6 Å². The number of carbonyl (C=O) groups is 1. The van der Waals surface area contributed by atoms with Gasteiger partial charge < -0.3 is 5.32 Å². The summed E-state index contributed by atoms with van der Waals surface area (Å²) in [7, 11) is 0. The molecule has 1 saturated carbocycles. The molecule has 0 heterocycles. The van der Waals surface area contributed by atoms with Crippen molar-refractivity contribution in [1.82, 2.24) is 5.32 Å². The molecule has 0 aromatic heterocycles. The van der Waals surface area contributed by atoms with Gasteiger partial charge in [-0.2, -0.15) is 0 Å². The fraction of sp³-hybridized carbons (Fsp3) is 0.308. The minimum atomic E-state index is -0.00468. The zero-order valence-corrected chi connectivity index (χ0v) is 9.92. The first kappa shape index (κ1) is 11.2. The number of hydrogen-bond acceptors (Lipinski definition) is 1. The van der Waals surface area contributed by atoms with Crippen LogP contribution in [0.1, 0.15) is 25.3 Å². The van der Waals surface area contributed by atoms with Gasteiger partial charge in [0.25, 0.3) is 0 Å².